The Morgan fingerprint density at radius 3 is 2.56 bits per heavy atom. The van der Waals surface area contributed by atoms with E-state index in [1.54, 1.807) is 37.3 Å². The van der Waals surface area contributed by atoms with Gasteiger partial charge in [0.15, 0.2) is 11.5 Å². The maximum Gasteiger partial charge on any atom is 0.246 e. The van der Waals surface area contributed by atoms with Crippen molar-refractivity contribution in [3.05, 3.63) is 28.8 Å². The number of carbonyl (C=O) groups is 2. The van der Waals surface area contributed by atoms with E-state index in [4.69, 9.17) is 25.8 Å². The quantitative estimate of drug-likeness (QED) is 0.375. The van der Waals surface area contributed by atoms with Crippen LogP contribution in [0.25, 0.3) is 6.08 Å². The fraction of sp³-hybridized carbons (Fsp3) is 0.565. The molecule has 0 aromatic heterocycles. The number of amides is 2. The average molecular weight is 468 g/mol. The van der Waals surface area contributed by atoms with E-state index < -0.39 is 0 Å². The lowest BCUT2D eigenvalue weighted by molar-refractivity contribution is -0.128. The van der Waals surface area contributed by atoms with Crippen LogP contribution in [0.2, 0.25) is 5.02 Å². The number of carbonyl (C=O) groups excluding carboxylic acids is 2. The van der Waals surface area contributed by atoms with E-state index in [9.17, 15) is 9.59 Å². The Bertz CT molecular complexity index is 779. The Kier molecular flexibility index (Phi) is 11.3. The minimum Gasteiger partial charge on any atom is -0.493 e. The second kappa shape index (κ2) is 14.0. The molecule has 2 rings (SSSR count). The van der Waals surface area contributed by atoms with Gasteiger partial charge in [-0.25, -0.2) is 0 Å². The largest absolute Gasteiger partial charge is 0.493 e. The summed E-state index contributed by atoms with van der Waals surface area (Å²) >= 11 is 6.34. The molecule has 9 heteroatoms. The average Bonchev–Trinajstić information content (AvgIpc) is 2.79. The van der Waals surface area contributed by atoms with E-state index >= 15 is 0 Å². The molecule has 1 saturated heterocycles. The lowest BCUT2D eigenvalue weighted by Gasteiger charge is -2.33. The van der Waals surface area contributed by atoms with Crippen molar-refractivity contribution in [3.8, 4) is 11.5 Å². The number of methoxy groups -OCH3 is 2. The first-order chi connectivity index (χ1) is 15.5. The number of piperazine rings is 1. The van der Waals surface area contributed by atoms with Gasteiger partial charge in [0.05, 0.1) is 25.3 Å². The van der Waals surface area contributed by atoms with Crippen molar-refractivity contribution in [3.63, 3.8) is 0 Å². The molecule has 0 spiro atoms. The minimum absolute atomic E-state index is 0.00188. The minimum atomic E-state index is -0.0740. The summed E-state index contributed by atoms with van der Waals surface area (Å²) in [4.78, 5) is 28.4. The smallest absolute Gasteiger partial charge is 0.246 e. The molecule has 1 aliphatic heterocycles. The summed E-state index contributed by atoms with van der Waals surface area (Å²) in [5, 5.41) is 3.33. The van der Waals surface area contributed by atoms with Gasteiger partial charge in [-0.1, -0.05) is 18.5 Å². The van der Waals surface area contributed by atoms with E-state index in [-0.39, 0.29) is 11.8 Å². The standard InChI is InChI=1S/C23H34ClN3O5/c1-4-13-32-23-19(24)15-18(16-20(23)31-3)6-7-22(29)27-11-9-26(10-12-27)17-21(28)25-8-5-14-30-2/h6-7,15-16H,4-5,8-14,17H2,1-3H3,(H,25,28)/b7-6+. The molecule has 1 aliphatic rings. The summed E-state index contributed by atoms with van der Waals surface area (Å²) in [6, 6.07) is 3.55. The van der Waals surface area contributed by atoms with E-state index in [0.29, 0.717) is 69.0 Å². The number of halogens is 1. The molecule has 1 heterocycles. The maximum atomic E-state index is 12.6. The normalized spacial score (nSPS) is 14.6. The SMILES string of the molecule is CCCOc1c(Cl)cc(/C=C/C(=O)N2CCN(CC(=O)NCCCOC)CC2)cc1OC. The highest BCUT2D eigenvalue weighted by molar-refractivity contribution is 6.32. The molecule has 0 radical (unpaired) electrons. The molecule has 178 valence electrons. The maximum absolute atomic E-state index is 12.6. The fourth-order valence-corrected chi connectivity index (χ4v) is 3.56. The molecular weight excluding hydrogens is 434 g/mol. The third-order valence-corrected chi connectivity index (χ3v) is 5.30. The molecule has 0 aliphatic carbocycles. The van der Waals surface area contributed by atoms with Gasteiger partial charge in [0.25, 0.3) is 0 Å². The molecule has 0 bridgehead atoms. The fourth-order valence-electron chi connectivity index (χ4n) is 3.28. The number of ether oxygens (including phenoxy) is 3. The van der Waals surface area contributed by atoms with Crippen molar-refractivity contribution in [1.82, 2.24) is 15.1 Å². The Balaban J connectivity index is 1.84. The Labute approximate surface area is 195 Å². The molecule has 0 atom stereocenters. The van der Waals surface area contributed by atoms with Crippen molar-refractivity contribution in [2.24, 2.45) is 0 Å². The number of hydrogen-bond acceptors (Lipinski definition) is 6. The molecule has 1 aromatic rings. The lowest BCUT2D eigenvalue weighted by atomic mass is 10.1. The summed E-state index contributed by atoms with van der Waals surface area (Å²) in [6.45, 7) is 6.62. The highest BCUT2D eigenvalue weighted by Crippen LogP contribution is 2.36. The molecule has 0 unspecified atom stereocenters. The van der Waals surface area contributed by atoms with Gasteiger partial charge in [0.1, 0.15) is 0 Å². The van der Waals surface area contributed by atoms with Crippen LogP contribution in [-0.2, 0) is 14.3 Å². The third-order valence-electron chi connectivity index (χ3n) is 5.02. The van der Waals surface area contributed by atoms with Gasteiger partial charge in [0.2, 0.25) is 11.8 Å². The van der Waals surface area contributed by atoms with Crippen LogP contribution in [0, 0.1) is 0 Å². The number of nitrogens with one attached hydrogen (secondary N) is 1. The summed E-state index contributed by atoms with van der Waals surface area (Å²) < 4.78 is 16.0. The van der Waals surface area contributed by atoms with Gasteiger partial charge >= 0.3 is 0 Å². The summed E-state index contributed by atoms with van der Waals surface area (Å²) in [5.74, 6) is 0.971. The van der Waals surface area contributed by atoms with Crippen molar-refractivity contribution in [2.75, 3.05) is 66.7 Å². The van der Waals surface area contributed by atoms with E-state index in [1.807, 2.05) is 6.92 Å². The molecule has 1 N–H and O–H groups in total. The van der Waals surface area contributed by atoms with Crippen LogP contribution in [-0.4, -0.2) is 88.3 Å². The van der Waals surface area contributed by atoms with Crippen LogP contribution in [0.5, 0.6) is 11.5 Å². The molecule has 32 heavy (non-hydrogen) atoms. The highest BCUT2D eigenvalue weighted by atomic mass is 35.5. The Hall–Kier alpha value is -2.29. The predicted molar refractivity (Wildman–Crippen MR) is 125 cm³/mol. The van der Waals surface area contributed by atoms with Gasteiger partial charge < -0.3 is 24.4 Å². The first-order valence-electron chi connectivity index (χ1n) is 10.9. The van der Waals surface area contributed by atoms with Crippen LogP contribution in [0.3, 0.4) is 0 Å². The van der Waals surface area contributed by atoms with E-state index in [2.05, 4.69) is 10.2 Å². The number of rotatable bonds is 12. The van der Waals surface area contributed by atoms with Crippen molar-refractivity contribution in [1.29, 1.82) is 0 Å². The zero-order chi connectivity index (χ0) is 23.3. The monoisotopic (exact) mass is 467 g/mol. The second-order valence-electron chi connectivity index (χ2n) is 7.51. The van der Waals surface area contributed by atoms with Crippen molar-refractivity contribution >= 4 is 29.5 Å². The van der Waals surface area contributed by atoms with E-state index in [1.165, 1.54) is 6.08 Å². The zero-order valence-corrected chi connectivity index (χ0v) is 20.0. The second-order valence-corrected chi connectivity index (χ2v) is 7.92. The van der Waals surface area contributed by atoms with Gasteiger partial charge in [-0.05, 0) is 36.6 Å². The number of benzene rings is 1. The molecule has 1 fully saturated rings. The van der Waals surface area contributed by atoms with Crippen LogP contribution < -0.4 is 14.8 Å². The lowest BCUT2D eigenvalue weighted by Crippen LogP contribution is -2.50. The van der Waals surface area contributed by atoms with Crippen LogP contribution in [0.1, 0.15) is 25.3 Å². The molecule has 1 aromatic carbocycles. The van der Waals surface area contributed by atoms with Crippen LogP contribution in [0.15, 0.2) is 18.2 Å². The zero-order valence-electron chi connectivity index (χ0n) is 19.2. The highest BCUT2D eigenvalue weighted by Gasteiger charge is 2.21. The van der Waals surface area contributed by atoms with Gasteiger partial charge in [-0.2, -0.15) is 0 Å². The van der Waals surface area contributed by atoms with Gasteiger partial charge in [0, 0.05) is 52.5 Å². The Morgan fingerprint density at radius 2 is 1.91 bits per heavy atom. The molecule has 2 amide bonds. The first kappa shape index (κ1) is 26.0. The van der Waals surface area contributed by atoms with Gasteiger partial charge in [-0.3, -0.25) is 14.5 Å². The Morgan fingerprint density at radius 1 is 1.16 bits per heavy atom. The molecule has 0 saturated carbocycles. The van der Waals surface area contributed by atoms with Crippen molar-refractivity contribution in [2.45, 2.75) is 19.8 Å². The summed E-state index contributed by atoms with van der Waals surface area (Å²) in [6.07, 6.45) is 4.92. The summed E-state index contributed by atoms with van der Waals surface area (Å²) in [7, 11) is 3.20. The summed E-state index contributed by atoms with van der Waals surface area (Å²) in [5.41, 5.74) is 0.757. The first-order valence-corrected chi connectivity index (χ1v) is 11.3. The van der Waals surface area contributed by atoms with Crippen LogP contribution >= 0.6 is 11.6 Å². The topological polar surface area (TPSA) is 80.3 Å². The predicted octanol–water partition coefficient (Wildman–Crippen LogP) is 2.45. The van der Waals surface area contributed by atoms with Gasteiger partial charge in [-0.15, -0.1) is 0 Å². The number of nitrogens with zero attached hydrogens (tertiary/aromatic N) is 2. The van der Waals surface area contributed by atoms with Crippen molar-refractivity contribution < 1.29 is 23.8 Å². The van der Waals surface area contributed by atoms with E-state index in [0.717, 1.165) is 18.4 Å². The molecular formula is C23H34ClN3O5. The third kappa shape index (κ3) is 8.33. The number of hydrogen-bond donors (Lipinski definition) is 1. The molecule has 8 nitrogen and oxygen atoms in total. The van der Waals surface area contributed by atoms with Crippen LogP contribution in [0.4, 0.5) is 0 Å².